The van der Waals surface area contributed by atoms with Crippen LogP contribution in [0, 0.1) is 16.7 Å². The number of rotatable bonds is 2. The molecular formula is C17H22N2O2. The van der Waals surface area contributed by atoms with Gasteiger partial charge in [0.25, 0.3) is 0 Å². The molecule has 0 radical (unpaired) electrons. The third-order valence-electron chi connectivity index (χ3n) is 3.98. The molecule has 2 rings (SSSR count). The Balaban J connectivity index is 2.26. The topological polar surface area (TPSA) is 62.1 Å². The van der Waals surface area contributed by atoms with Gasteiger partial charge in [-0.05, 0) is 29.9 Å². The molecule has 4 heteroatoms. The maximum atomic E-state index is 12.6. The number of carbonyl (C=O) groups is 1. The van der Waals surface area contributed by atoms with E-state index < -0.39 is 5.41 Å². The average Bonchev–Trinajstić information content (AvgIpc) is 2.47. The van der Waals surface area contributed by atoms with Crippen LogP contribution >= 0.6 is 0 Å². The van der Waals surface area contributed by atoms with Crippen molar-refractivity contribution in [2.45, 2.75) is 39.0 Å². The summed E-state index contributed by atoms with van der Waals surface area (Å²) in [4.78, 5) is 12.6. The summed E-state index contributed by atoms with van der Waals surface area (Å²) in [7, 11) is 0. The van der Waals surface area contributed by atoms with Crippen LogP contribution in [0.4, 0.5) is 5.69 Å². The highest BCUT2D eigenvalue weighted by atomic mass is 16.5. The van der Waals surface area contributed by atoms with Crippen LogP contribution in [0.5, 0.6) is 0 Å². The van der Waals surface area contributed by atoms with Gasteiger partial charge in [0.05, 0.1) is 6.07 Å². The molecule has 1 aromatic carbocycles. The molecule has 1 heterocycles. The Kier molecular flexibility index (Phi) is 4.34. The summed E-state index contributed by atoms with van der Waals surface area (Å²) in [5.74, 6) is -0.218. The predicted octanol–water partition coefficient (Wildman–Crippen LogP) is 3.24. The molecule has 1 aromatic rings. The summed E-state index contributed by atoms with van der Waals surface area (Å²) in [5.41, 5.74) is 0.817. The molecule has 0 atom stereocenters. The third-order valence-corrected chi connectivity index (χ3v) is 3.98. The smallest absolute Gasteiger partial charge is 0.245 e. The second-order valence-corrected chi connectivity index (χ2v) is 6.56. The van der Waals surface area contributed by atoms with Gasteiger partial charge in [-0.2, -0.15) is 5.26 Å². The Morgan fingerprint density at radius 2 is 1.90 bits per heavy atom. The Morgan fingerprint density at radius 3 is 2.48 bits per heavy atom. The third kappa shape index (κ3) is 3.25. The lowest BCUT2D eigenvalue weighted by Gasteiger charge is -2.30. The van der Waals surface area contributed by atoms with Crippen LogP contribution < -0.4 is 5.32 Å². The van der Waals surface area contributed by atoms with Gasteiger partial charge in [-0.15, -0.1) is 0 Å². The van der Waals surface area contributed by atoms with Crippen molar-refractivity contribution < 1.29 is 9.53 Å². The Morgan fingerprint density at radius 1 is 1.29 bits per heavy atom. The van der Waals surface area contributed by atoms with Gasteiger partial charge in [-0.1, -0.05) is 39.0 Å². The molecule has 0 aromatic heterocycles. The zero-order chi connectivity index (χ0) is 15.5. The van der Waals surface area contributed by atoms with Crippen LogP contribution in [0.3, 0.4) is 0 Å². The van der Waals surface area contributed by atoms with Crippen LogP contribution in [-0.4, -0.2) is 19.1 Å². The highest BCUT2D eigenvalue weighted by Gasteiger charge is 2.40. The summed E-state index contributed by atoms with van der Waals surface area (Å²) < 4.78 is 5.27. The van der Waals surface area contributed by atoms with Crippen molar-refractivity contribution in [1.29, 1.82) is 5.26 Å². The van der Waals surface area contributed by atoms with Crippen molar-refractivity contribution >= 4 is 11.6 Å². The Bertz CT molecular complexity index is 561. The molecule has 0 saturated carbocycles. The van der Waals surface area contributed by atoms with Crippen LogP contribution in [-0.2, 0) is 14.9 Å². The summed E-state index contributed by atoms with van der Waals surface area (Å²) in [5, 5.41) is 12.4. The lowest BCUT2D eigenvalue weighted by atomic mass is 9.80. The molecule has 1 fully saturated rings. The fourth-order valence-corrected chi connectivity index (χ4v) is 2.60. The number of hydrogen-bond donors (Lipinski definition) is 1. The predicted molar refractivity (Wildman–Crippen MR) is 81.9 cm³/mol. The molecule has 0 unspecified atom stereocenters. The van der Waals surface area contributed by atoms with Crippen molar-refractivity contribution in [2.24, 2.45) is 5.41 Å². The van der Waals surface area contributed by atoms with Gasteiger partial charge in [-0.3, -0.25) is 4.79 Å². The summed E-state index contributed by atoms with van der Waals surface area (Å²) in [6.45, 7) is 7.23. The molecule has 0 bridgehead atoms. The number of hydrogen-bond acceptors (Lipinski definition) is 3. The zero-order valence-electron chi connectivity index (χ0n) is 12.9. The number of nitriles is 1. The van der Waals surface area contributed by atoms with Crippen molar-refractivity contribution in [1.82, 2.24) is 0 Å². The van der Waals surface area contributed by atoms with E-state index in [-0.39, 0.29) is 11.3 Å². The number of amides is 1. The molecule has 112 valence electrons. The molecule has 1 aliphatic rings. The van der Waals surface area contributed by atoms with E-state index in [1.807, 2.05) is 24.3 Å². The monoisotopic (exact) mass is 286 g/mol. The minimum Gasteiger partial charge on any atom is -0.381 e. The van der Waals surface area contributed by atoms with Gasteiger partial charge < -0.3 is 10.1 Å². The van der Waals surface area contributed by atoms with Gasteiger partial charge in [0, 0.05) is 18.9 Å². The molecular weight excluding hydrogens is 264 g/mol. The average molecular weight is 286 g/mol. The molecule has 0 spiro atoms. The molecule has 0 aliphatic carbocycles. The van der Waals surface area contributed by atoms with Gasteiger partial charge >= 0.3 is 0 Å². The van der Waals surface area contributed by atoms with Gasteiger partial charge in [-0.25, -0.2) is 0 Å². The minimum absolute atomic E-state index is 0.0701. The number of carbonyl (C=O) groups excluding carboxylic acids is 1. The van der Waals surface area contributed by atoms with E-state index >= 15 is 0 Å². The maximum absolute atomic E-state index is 12.6. The summed E-state index contributed by atoms with van der Waals surface area (Å²) in [6.07, 6.45) is 0.903. The molecule has 1 N–H and O–H groups in total. The van der Waals surface area contributed by atoms with Crippen LogP contribution in [0.15, 0.2) is 24.3 Å². The van der Waals surface area contributed by atoms with Crippen LogP contribution in [0.25, 0.3) is 0 Å². The highest BCUT2D eigenvalue weighted by Crippen LogP contribution is 2.34. The van der Waals surface area contributed by atoms with E-state index in [2.05, 4.69) is 32.2 Å². The van der Waals surface area contributed by atoms with Gasteiger partial charge in [0.15, 0.2) is 0 Å². The molecule has 1 aliphatic heterocycles. The molecule has 21 heavy (non-hydrogen) atoms. The van der Waals surface area contributed by atoms with E-state index in [4.69, 9.17) is 4.74 Å². The SMILES string of the molecule is CC(C)(C)c1ccccc1NC(=O)C1(C#N)CCOCC1. The van der Waals surface area contributed by atoms with E-state index in [9.17, 15) is 10.1 Å². The highest BCUT2D eigenvalue weighted by molar-refractivity contribution is 5.98. The van der Waals surface area contributed by atoms with Gasteiger partial charge in [0.2, 0.25) is 5.91 Å². The summed E-state index contributed by atoms with van der Waals surface area (Å²) >= 11 is 0. The Labute approximate surface area is 126 Å². The quantitative estimate of drug-likeness (QED) is 0.907. The second kappa shape index (κ2) is 5.87. The number of ether oxygens (including phenoxy) is 1. The summed E-state index contributed by atoms with van der Waals surface area (Å²) in [6, 6.07) is 9.97. The van der Waals surface area contributed by atoms with Crippen molar-refractivity contribution in [2.75, 3.05) is 18.5 Å². The number of para-hydroxylation sites is 1. The standard InChI is InChI=1S/C17H22N2O2/c1-16(2,3)13-6-4-5-7-14(13)19-15(20)17(12-18)8-10-21-11-9-17/h4-7H,8-11H2,1-3H3,(H,19,20). The first-order valence-electron chi connectivity index (χ1n) is 7.29. The van der Waals surface area contributed by atoms with E-state index in [0.29, 0.717) is 26.1 Å². The van der Waals surface area contributed by atoms with Crippen LogP contribution in [0.1, 0.15) is 39.2 Å². The van der Waals surface area contributed by atoms with E-state index in [1.54, 1.807) is 0 Å². The van der Waals surface area contributed by atoms with E-state index in [0.717, 1.165) is 11.3 Å². The molecule has 1 amide bonds. The lowest BCUT2D eigenvalue weighted by Crippen LogP contribution is -2.40. The zero-order valence-corrected chi connectivity index (χ0v) is 12.9. The maximum Gasteiger partial charge on any atom is 0.245 e. The normalized spacial score (nSPS) is 17.8. The van der Waals surface area contributed by atoms with Crippen LogP contribution in [0.2, 0.25) is 0 Å². The number of nitrogens with zero attached hydrogens (tertiary/aromatic N) is 1. The largest absolute Gasteiger partial charge is 0.381 e. The fraction of sp³-hybridized carbons (Fsp3) is 0.529. The first kappa shape index (κ1) is 15.5. The minimum atomic E-state index is -0.969. The molecule has 1 saturated heterocycles. The number of anilines is 1. The van der Waals surface area contributed by atoms with Gasteiger partial charge in [0.1, 0.15) is 5.41 Å². The molecule has 4 nitrogen and oxygen atoms in total. The lowest BCUT2D eigenvalue weighted by molar-refractivity contribution is -0.126. The Hall–Kier alpha value is -1.86. The van der Waals surface area contributed by atoms with Crippen molar-refractivity contribution in [3.05, 3.63) is 29.8 Å². The van der Waals surface area contributed by atoms with E-state index in [1.165, 1.54) is 0 Å². The fourth-order valence-electron chi connectivity index (χ4n) is 2.60. The first-order valence-corrected chi connectivity index (χ1v) is 7.29. The number of nitrogens with one attached hydrogen (secondary N) is 1. The van der Waals surface area contributed by atoms with Crippen molar-refractivity contribution in [3.63, 3.8) is 0 Å². The second-order valence-electron chi connectivity index (χ2n) is 6.56. The van der Waals surface area contributed by atoms with Crippen molar-refractivity contribution in [3.8, 4) is 6.07 Å². The first-order chi connectivity index (χ1) is 9.89. The number of benzene rings is 1.